The molecule has 3 N–H and O–H groups in total. The van der Waals surface area contributed by atoms with Crippen LogP contribution in [0.25, 0.3) is 0 Å². The molecule has 2 heterocycles. The number of carbonyl (C=O) groups is 2. The van der Waals surface area contributed by atoms with Crippen LogP contribution in [0, 0.1) is 5.92 Å². The number of anilines is 1. The normalized spacial score (nSPS) is 18.8. The Morgan fingerprint density at radius 1 is 1.22 bits per heavy atom. The minimum absolute atomic E-state index is 0. The lowest BCUT2D eigenvalue weighted by molar-refractivity contribution is -0.119. The van der Waals surface area contributed by atoms with E-state index in [2.05, 4.69) is 21.0 Å². The third-order valence-corrected chi connectivity index (χ3v) is 4.54. The van der Waals surface area contributed by atoms with Gasteiger partial charge in [-0.2, -0.15) is 5.10 Å². The average Bonchev–Trinajstić information content (AvgIpc) is 3.23. The van der Waals surface area contributed by atoms with Crippen molar-refractivity contribution >= 4 is 29.9 Å². The molecule has 2 atom stereocenters. The van der Waals surface area contributed by atoms with Gasteiger partial charge in [0.25, 0.3) is 5.91 Å². The lowest BCUT2D eigenvalue weighted by atomic mass is 9.90. The van der Waals surface area contributed by atoms with Gasteiger partial charge >= 0.3 is 0 Å². The SMILES string of the molecule is CC(C)NC(=O)c1ccc(NC(=O)[C@H]2CNC[C@@H]2c2cnn(C)c2)cc1.Cl. The van der Waals surface area contributed by atoms with Gasteiger partial charge in [0, 0.05) is 49.5 Å². The first-order chi connectivity index (χ1) is 12.4. The van der Waals surface area contributed by atoms with E-state index in [0.29, 0.717) is 17.8 Å². The zero-order valence-corrected chi connectivity index (χ0v) is 16.5. The first-order valence-corrected chi connectivity index (χ1v) is 8.85. The predicted octanol–water partition coefficient (Wildman–Crippen LogP) is 1.92. The van der Waals surface area contributed by atoms with E-state index in [1.165, 1.54) is 0 Å². The second-order valence-electron chi connectivity index (χ2n) is 7.01. The lowest BCUT2D eigenvalue weighted by Gasteiger charge is -2.17. The van der Waals surface area contributed by atoms with E-state index < -0.39 is 0 Å². The molecule has 0 unspecified atom stereocenters. The van der Waals surface area contributed by atoms with Gasteiger partial charge in [-0.3, -0.25) is 14.3 Å². The number of aryl methyl sites for hydroxylation is 1. The molecule has 1 saturated heterocycles. The summed E-state index contributed by atoms with van der Waals surface area (Å²) in [5, 5.41) is 13.3. The number of halogens is 1. The summed E-state index contributed by atoms with van der Waals surface area (Å²) in [4.78, 5) is 24.7. The summed E-state index contributed by atoms with van der Waals surface area (Å²) in [6, 6.07) is 7.04. The van der Waals surface area contributed by atoms with Crippen molar-refractivity contribution in [3.8, 4) is 0 Å². The van der Waals surface area contributed by atoms with Gasteiger partial charge in [0.2, 0.25) is 5.91 Å². The second-order valence-corrected chi connectivity index (χ2v) is 7.01. The zero-order chi connectivity index (χ0) is 18.7. The van der Waals surface area contributed by atoms with Crippen LogP contribution in [0.5, 0.6) is 0 Å². The van der Waals surface area contributed by atoms with E-state index in [9.17, 15) is 9.59 Å². The lowest BCUT2D eigenvalue weighted by Crippen LogP contribution is -2.30. The van der Waals surface area contributed by atoms with E-state index in [1.54, 1.807) is 28.9 Å². The minimum atomic E-state index is -0.150. The first-order valence-electron chi connectivity index (χ1n) is 8.85. The molecule has 7 nitrogen and oxygen atoms in total. The molecule has 1 aromatic heterocycles. The highest BCUT2D eigenvalue weighted by molar-refractivity contribution is 5.96. The molecule has 2 amide bonds. The molecule has 3 rings (SSSR count). The number of hydrogen-bond donors (Lipinski definition) is 3. The molecule has 27 heavy (non-hydrogen) atoms. The largest absolute Gasteiger partial charge is 0.350 e. The molecule has 0 aliphatic carbocycles. The summed E-state index contributed by atoms with van der Waals surface area (Å²) in [6.45, 7) is 5.24. The molecule has 0 radical (unpaired) electrons. The smallest absolute Gasteiger partial charge is 0.251 e. The highest BCUT2D eigenvalue weighted by Crippen LogP contribution is 2.28. The van der Waals surface area contributed by atoms with Crippen molar-refractivity contribution in [2.24, 2.45) is 13.0 Å². The number of nitrogens with zero attached hydrogens (tertiary/aromatic N) is 2. The fourth-order valence-electron chi connectivity index (χ4n) is 3.22. The Morgan fingerprint density at radius 2 is 1.93 bits per heavy atom. The fraction of sp³-hybridized carbons (Fsp3) is 0.421. The van der Waals surface area contributed by atoms with E-state index in [1.807, 2.05) is 33.3 Å². The molecule has 0 spiro atoms. The Balaban J connectivity index is 0.00000261. The van der Waals surface area contributed by atoms with Crippen LogP contribution < -0.4 is 16.0 Å². The third-order valence-electron chi connectivity index (χ3n) is 4.54. The molecule has 0 saturated carbocycles. The maximum atomic E-state index is 12.7. The summed E-state index contributed by atoms with van der Waals surface area (Å²) >= 11 is 0. The Kier molecular flexibility index (Phi) is 6.98. The van der Waals surface area contributed by atoms with Crippen LogP contribution in [0.4, 0.5) is 5.69 Å². The molecule has 1 fully saturated rings. The molecular weight excluding hydrogens is 366 g/mol. The van der Waals surface area contributed by atoms with Gasteiger partial charge < -0.3 is 16.0 Å². The van der Waals surface area contributed by atoms with E-state index >= 15 is 0 Å². The van der Waals surface area contributed by atoms with Crippen LogP contribution in [-0.4, -0.2) is 40.7 Å². The highest BCUT2D eigenvalue weighted by atomic mass is 35.5. The summed E-state index contributed by atoms with van der Waals surface area (Å²) in [5.74, 6) is -0.180. The summed E-state index contributed by atoms with van der Waals surface area (Å²) in [7, 11) is 1.87. The zero-order valence-electron chi connectivity index (χ0n) is 15.7. The number of benzene rings is 1. The van der Waals surface area contributed by atoms with Crippen LogP contribution in [0.1, 0.15) is 35.7 Å². The van der Waals surface area contributed by atoms with Crippen LogP contribution >= 0.6 is 12.4 Å². The van der Waals surface area contributed by atoms with E-state index in [-0.39, 0.29) is 42.1 Å². The van der Waals surface area contributed by atoms with Crippen LogP contribution in [-0.2, 0) is 11.8 Å². The van der Waals surface area contributed by atoms with Crippen LogP contribution in [0.3, 0.4) is 0 Å². The van der Waals surface area contributed by atoms with Gasteiger partial charge in [-0.05, 0) is 43.7 Å². The minimum Gasteiger partial charge on any atom is -0.350 e. The molecule has 146 valence electrons. The maximum Gasteiger partial charge on any atom is 0.251 e. The van der Waals surface area contributed by atoms with E-state index in [4.69, 9.17) is 0 Å². The first kappa shape index (κ1) is 20.9. The van der Waals surface area contributed by atoms with Gasteiger partial charge in [-0.25, -0.2) is 0 Å². The number of nitrogens with one attached hydrogen (secondary N) is 3. The van der Waals surface area contributed by atoms with Gasteiger partial charge in [0.1, 0.15) is 0 Å². The van der Waals surface area contributed by atoms with Gasteiger partial charge in [0.15, 0.2) is 0 Å². The number of amides is 2. The highest BCUT2D eigenvalue weighted by Gasteiger charge is 2.34. The van der Waals surface area contributed by atoms with Crippen molar-refractivity contribution in [3.05, 3.63) is 47.8 Å². The Bertz CT molecular complexity index is 788. The van der Waals surface area contributed by atoms with Crippen molar-refractivity contribution in [1.29, 1.82) is 0 Å². The predicted molar refractivity (Wildman–Crippen MR) is 107 cm³/mol. The van der Waals surface area contributed by atoms with Crippen molar-refractivity contribution in [3.63, 3.8) is 0 Å². The third kappa shape index (κ3) is 5.08. The van der Waals surface area contributed by atoms with E-state index in [0.717, 1.165) is 12.1 Å². The number of hydrogen-bond acceptors (Lipinski definition) is 4. The van der Waals surface area contributed by atoms with Crippen molar-refractivity contribution in [1.82, 2.24) is 20.4 Å². The van der Waals surface area contributed by atoms with Crippen molar-refractivity contribution in [2.75, 3.05) is 18.4 Å². The standard InChI is InChI=1S/C19H25N5O2.ClH/c1-12(2)22-18(25)13-4-6-15(7-5-13)23-19(26)17-10-20-9-16(17)14-8-21-24(3)11-14;/h4-8,11-12,16-17,20H,9-10H2,1-3H3,(H,22,25)(H,23,26);1H/t16-,17+;/m1./s1. The van der Waals surface area contributed by atoms with Gasteiger partial charge in [-0.15, -0.1) is 12.4 Å². The van der Waals surface area contributed by atoms with Crippen LogP contribution in [0.15, 0.2) is 36.7 Å². The molecule has 1 aliphatic heterocycles. The van der Waals surface area contributed by atoms with Gasteiger partial charge in [0.05, 0.1) is 12.1 Å². The quantitative estimate of drug-likeness (QED) is 0.726. The number of carbonyl (C=O) groups excluding carboxylic acids is 2. The van der Waals surface area contributed by atoms with Crippen LogP contribution in [0.2, 0.25) is 0 Å². The van der Waals surface area contributed by atoms with Crippen molar-refractivity contribution < 1.29 is 9.59 Å². The molecule has 1 aromatic carbocycles. The summed E-state index contributed by atoms with van der Waals surface area (Å²) in [6.07, 6.45) is 3.78. The Morgan fingerprint density at radius 3 is 2.52 bits per heavy atom. The Labute approximate surface area is 165 Å². The molecule has 0 bridgehead atoms. The maximum absolute atomic E-state index is 12.7. The molecule has 1 aliphatic rings. The second kappa shape index (κ2) is 9.01. The molecule has 2 aromatic rings. The number of aromatic nitrogens is 2. The fourth-order valence-corrected chi connectivity index (χ4v) is 3.22. The summed E-state index contributed by atoms with van der Waals surface area (Å²) in [5.41, 5.74) is 2.33. The molecule has 8 heteroatoms. The average molecular weight is 392 g/mol. The topological polar surface area (TPSA) is 88.1 Å². The van der Waals surface area contributed by atoms with Gasteiger partial charge in [-0.1, -0.05) is 0 Å². The number of rotatable bonds is 5. The Hall–Kier alpha value is -2.38. The summed E-state index contributed by atoms with van der Waals surface area (Å²) < 4.78 is 1.75. The molecular formula is C19H26ClN5O2. The van der Waals surface area contributed by atoms with Crippen molar-refractivity contribution in [2.45, 2.75) is 25.8 Å². The monoisotopic (exact) mass is 391 g/mol.